The minimum absolute atomic E-state index is 0.0534. The van der Waals surface area contributed by atoms with E-state index in [0.29, 0.717) is 6.54 Å². The molecule has 2 aliphatic rings. The first-order valence-corrected chi connectivity index (χ1v) is 8.29. The van der Waals surface area contributed by atoms with Gasteiger partial charge in [0.1, 0.15) is 0 Å². The van der Waals surface area contributed by atoms with Crippen molar-refractivity contribution in [2.45, 2.75) is 63.4 Å². The van der Waals surface area contributed by atoms with Gasteiger partial charge in [0.05, 0.1) is 5.60 Å². The van der Waals surface area contributed by atoms with Gasteiger partial charge in [0.2, 0.25) is 0 Å². The number of hydrogen-bond acceptors (Lipinski definition) is 2. The average Bonchev–Trinajstić information content (AvgIpc) is 2.53. The molecule has 21 heavy (non-hydrogen) atoms. The molecule has 0 atom stereocenters. The van der Waals surface area contributed by atoms with E-state index in [4.69, 9.17) is 0 Å². The number of benzene rings is 1. The third-order valence-electron chi connectivity index (χ3n) is 4.97. The summed E-state index contributed by atoms with van der Waals surface area (Å²) in [5, 5.41) is 13.4. The lowest BCUT2D eigenvalue weighted by Crippen LogP contribution is -2.44. The van der Waals surface area contributed by atoms with E-state index in [0.717, 1.165) is 44.1 Å². The Morgan fingerprint density at radius 2 is 1.76 bits per heavy atom. The summed E-state index contributed by atoms with van der Waals surface area (Å²) in [4.78, 5) is 12.3. The summed E-state index contributed by atoms with van der Waals surface area (Å²) >= 11 is 0. The van der Waals surface area contributed by atoms with Crippen molar-refractivity contribution in [3.63, 3.8) is 0 Å². The van der Waals surface area contributed by atoms with Gasteiger partial charge in [-0.3, -0.25) is 4.79 Å². The highest BCUT2D eigenvalue weighted by Crippen LogP contribution is 2.27. The van der Waals surface area contributed by atoms with Gasteiger partial charge in [0.25, 0.3) is 5.91 Å². The second-order valence-electron chi connectivity index (χ2n) is 6.66. The monoisotopic (exact) mass is 287 g/mol. The summed E-state index contributed by atoms with van der Waals surface area (Å²) in [6.45, 7) is 0.378. The van der Waals surface area contributed by atoms with Crippen LogP contribution >= 0.6 is 0 Å². The van der Waals surface area contributed by atoms with Gasteiger partial charge >= 0.3 is 0 Å². The van der Waals surface area contributed by atoms with Gasteiger partial charge in [-0.1, -0.05) is 25.3 Å². The first-order chi connectivity index (χ1) is 10.2. The third kappa shape index (κ3) is 3.46. The fraction of sp³-hybridized carbons (Fsp3) is 0.611. The second-order valence-corrected chi connectivity index (χ2v) is 6.66. The van der Waals surface area contributed by atoms with Crippen LogP contribution in [0.1, 0.15) is 66.4 Å². The number of rotatable bonds is 3. The number of fused-ring (bicyclic) bond motifs is 1. The van der Waals surface area contributed by atoms with E-state index in [2.05, 4.69) is 11.4 Å². The number of amides is 1. The maximum absolute atomic E-state index is 12.3. The molecular weight excluding hydrogens is 262 g/mol. The largest absolute Gasteiger partial charge is 0.388 e. The van der Waals surface area contributed by atoms with Crippen molar-refractivity contribution in [1.29, 1.82) is 0 Å². The van der Waals surface area contributed by atoms with Crippen molar-refractivity contribution in [2.24, 2.45) is 0 Å². The van der Waals surface area contributed by atoms with E-state index in [1.54, 1.807) is 0 Å². The fourth-order valence-electron chi connectivity index (χ4n) is 3.61. The van der Waals surface area contributed by atoms with E-state index in [-0.39, 0.29) is 5.91 Å². The number of carbonyl (C=O) groups excluding carboxylic acids is 1. The van der Waals surface area contributed by atoms with E-state index in [1.807, 2.05) is 12.1 Å². The van der Waals surface area contributed by atoms with Gasteiger partial charge in [-0.25, -0.2) is 0 Å². The molecule has 0 aliphatic heterocycles. The van der Waals surface area contributed by atoms with Gasteiger partial charge in [0, 0.05) is 12.1 Å². The Balaban J connectivity index is 1.62. The molecular formula is C18H25NO2. The molecule has 0 bridgehead atoms. The average molecular weight is 287 g/mol. The first kappa shape index (κ1) is 14.6. The van der Waals surface area contributed by atoms with Gasteiger partial charge in [-0.15, -0.1) is 0 Å². The molecule has 114 valence electrons. The van der Waals surface area contributed by atoms with Crippen molar-refractivity contribution >= 4 is 5.91 Å². The van der Waals surface area contributed by atoms with Crippen molar-refractivity contribution in [1.82, 2.24) is 5.32 Å². The molecule has 1 amide bonds. The quantitative estimate of drug-likeness (QED) is 0.898. The molecule has 0 spiro atoms. The molecule has 0 unspecified atom stereocenters. The molecule has 1 aromatic rings. The smallest absolute Gasteiger partial charge is 0.251 e. The van der Waals surface area contributed by atoms with Crippen LogP contribution in [0.3, 0.4) is 0 Å². The normalized spacial score (nSPS) is 20.6. The zero-order chi connectivity index (χ0) is 14.7. The number of hydrogen-bond donors (Lipinski definition) is 2. The zero-order valence-electron chi connectivity index (χ0n) is 12.7. The highest BCUT2D eigenvalue weighted by Gasteiger charge is 2.29. The SMILES string of the molecule is O=C(NCC1(O)CCCCC1)c1ccc2c(c1)CCCC2. The number of carbonyl (C=O) groups is 1. The highest BCUT2D eigenvalue weighted by molar-refractivity contribution is 5.94. The molecule has 1 saturated carbocycles. The van der Waals surface area contributed by atoms with Crippen molar-refractivity contribution in [3.8, 4) is 0 Å². The van der Waals surface area contributed by atoms with Crippen LogP contribution in [-0.2, 0) is 12.8 Å². The van der Waals surface area contributed by atoms with E-state index in [9.17, 15) is 9.90 Å². The molecule has 1 fully saturated rings. The molecule has 0 radical (unpaired) electrons. The van der Waals surface area contributed by atoms with Gasteiger partial charge in [0.15, 0.2) is 0 Å². The maximum atomic E-state index is 12.3. The standard InChI is InChI=1S/C18H25NO2/c20-17(19-13-18(21)10-4-1-5-11-18)16-9-8-14-6-2-3-7-15(14)12-16/h8-9,12,21H,1-7,10-11,13H2,(H,19,20). The second kappa shape index (κ2) is 6.18. The summed E-state index contributed by atoms with van der Waals surface area (Å²) in [5.74, 6) is -0.0534. The number of aryl methyl sites for hydroxylation is 2. The van der Waals surface area contributed by atoms with Crippen LogP contribution in [0.2, 0.25) is 0 Å². The number of aliphatic hydroxyl groups is 1. The minimum atomic E-state index is -0.692. The Labute approximate surface area is 126 Å². The van der Waals surface area contributed by atoms with Crippen molar-refractivity contribution < 1.29 is 9.90 Å². The Morgan fingerprint density at radius 3 is 2.52 bits per heavy atom. The topological polar surface area (TPSA) is 49.3 Å². The van der Waals surface area contributed by atoms with Crippen LogP contribution in [0.4, 0.5) is 0 Å². The van der Waals surface area contributed by atoms with Crippen molar-refractivity contribution in [2.75, 3.05) is 6.54 Å². The van der Waals surface area contributed by atoms with Crippen LogP contribution < -0.4 is 5.32 Å². The van der Waals surface area contributed by atoms with Crippen LogP contribution in [0, 0.1) is 0 Å². The molecule has 1 aromatic carbocycles. The van der Waals surface area contributed by atoms with Crippen LogP contribution in [-0.4, -0.2) is 23.2 Å². The zero-order valence-corrected chi connectivity index (χ0v) is 12.7. The van der Waals surface area contributed by atoms with Crippen LogP contribution in [0.25, 0.3) is 0 Å². The molecule has 0 saturated heterocycles. The van der Waals surface area contributed by atoms with E-state index in [1.165, 1.54) is 30.4 Å². The minimum Gasteiger partial charge on any atom is -0.388 e. The lowest BCUT2D eigenvalue weighted by Gasteiger charge is -2.32. The highest BCUT2D eigenvalue weighted by atomic mass is 16.3. The molecule has 0 aromatic heterocycles. The Hall–Kier alpha value is -1.35. The first-order valence-electron chi connectivity index (χ1n) is 8.29. The summed E-state index contributed by atoms with van der Waals surface area (Å²) in [5.41, 5.74) is 2.76. The predicted molar refractivity (Wildman–Crippen MR) is 83.5 cm³/mol. The lowest BCUT2D eigenvalue weighted by atomic mass is 9.85. The Kier molecular flexibility index (Phi) is 4.29. The van der Waals surface area contributed by atoms with Crippen molar-refractivity contribution in [3.05, 3.63) is 34.9 Å². The fourth-order valence-corrected chi connectivity index (χ4v) is 3.61. The van der Waals surface area contributed by atoms with Crippen LogP contribution in [0.15, 0.2) is 18.2 Å². The Morgan fingerprint density at radius 1 is 1.05 bits per heavy atom. The molecule has 3 nitrogen and oxygen atoms in total. The summed E-state index contributed by atoms with van der Waals surface area (Å²) in [6.07, 6.45) is 9.62. The van der Waals surface area contributed by atoms with Gasteiger partial charge in [-0.2, -0.15) is 0 Å². The van der Waals surface area contributed by atoms with Crippen LogP contribution in [0.5, 0.6) is 0 Å². The van der Waals surface area contributed by atoms with E-state index >= 15 is 0 Å². The Bertz CT molecular complexity index is 518. The predicted octanol–water partition coefficient (Wildman–Crippen LogP) is 2.99. The molecule has 3 rings (SSSR count). The summed E-state index contributed by atoms with van der Waals surface area (Å²) < 4.78 is 0. The van der Waals surface area contributed by atoms with Gasteiger partial charge in [-0.05, 0) is 61.8 Å². The number of nitrogens with one attached hydrogen (secondary N) is 1. The van der Waals surface area contributed by atoms with E-state index < -0.39 is 5.60 Å². The van der Waals surface area contributed by atoms with Gasteiger partial charge < -0.3 is 10.4 Å². The third-order valence-corrected chi connectivity index (χ3v) is 4.97. The maximum Gasteiger partial charge on any atom is 0.251 e. The summed E-state index contributed by atoms with van der Waals surface area (Å²) in [6, 6.07) is 6.05. The summed E-state index contributed by atoms with van der Waals surface area (Å²) in [7, 11) is 0. The molecule has 3 heteroatoms. The molecule has 0 heterocycles. The molecule has 2 N–H and O–H groups in total. The lowest BCUT2D eigenvalue weighted by molar-refractivity contribution is 0.00525. The molecule has 2 aliphatic carbocycles.